The Morgan fingerprint density at radius 3 is 2.88 bits per heavy atom. The molecule has 0 aromatic heterocycles. The van der Waals surface area contributed by atoms with E-state index in [9.17, 15) is 5.11 Å². The fourth-order valence-corrected chi connectivity index (χ4v) is 1.92. The molecule has 4 heteroatoms. The van der Waals surface area contributed by atoms with Crippen molar-refractivity contribution in [2.45, 2.75) is 25.5 Å². The summed E-state index contributed by atoms with van der Waals surface area (Å²) in [5.41, 5.74) is 0.889. The molecular formula is C12H17NO3. The molecule has 0 amide bonds. The molecule has 1 heterocycles. The number of phenolic OH excluding ortho intramolecular Hbond substituents is 1. The lowest BCUT2D eigenvalue weighted by atomic mass is 10.1. The number of benzene rings is 1. The van der Waals surface area contributed by atoms with Crippen LogP contribution < -0.4 is 10.1 Å². The second kappa shape index (κ2) is 4.61. The Balaban J connectivity index is 2.07. The fraction of sp³-hybridized carbons (Fsp3) is 0.500. The van der Waals surface area contributed by atoms with Gasteiger partial charge in [0.25, 0.3) is 0 Å². The zero-order valence-electron chi connectivity index (χ0n) is 9.56. The monoisotopic (exact) mass is 223 g/mol. The van der Waals surface area contributed by atoms with Crippen LogP contribution in [0.5, 0.6) is 11.5 Å². The molecule has 2 rings (SSSR count). The van der Waals surface area contributed by atoms with Gasteiger partial charge in [-0.15, -0.1) is 0 Å². The molecule has 1 aromatic rings. The maximum absolute atomic E-state index is 9.63. The third kappa shape index (κ3) is 2.22. The van der Waals surface area contributed by atoms with E-state index in [0.717, 1.165) is 18.7 Å². The van der Waals surface area contributed by atoms with E-state index in [0.29, 0.717) is 11.8 Å². The second-order valence-electron chi connectivity index (χ2n) is 4.00. The minimum Gasteiger partial charge on any atom is -0.504 e. The van der Waals surface area contributed by atoms with Gasteiger partial charge in [0.2, 0.25) is 0 Å². The maximum atomic E-state index is 9.63. The number of rotatable bonds is 3. The third-order valence-electron chi connectivity index (χ3n) is 2.91. The van der Waals surface area contributed by atoms with Crippen LogP contribution in [0.25, 0.3) is 0 Å². The molecule has 88 valence electrons. The maximum Gasteiger partial charge on any atom is 0.160 e. The summed E-state index contributed by atoms with van der Waals surface area (Å²) in [5.74, 6) is 0.639. The van der Waals surface area contributed by atoms with Crippen LogP contribution in [0, 0.1) is 0 Å². The molecule has 2 N–H and O–H groups in total. The minimum absolute atomic E-state index is 0.152. The van der Waals surface area contributed by atoms with Crippen LogP contribution in [0.4, 0.5) is 5.69 Å². The van der Waals surface area contributed by atoms with Gasteiger partial charge in [0, 0.05) is 18.4 Å². The number of hydrogen-bond donors (Lipinski definition) is 2. The van der Waals surface area contributed by atoms with Crippen molar-refractivity contribution in [1.29, 1.82) is 0 Å². The van der Waals surface area contributed by atoms with Crippen LogP contribution in [0.15, 0.2) is 18.2 Å². The van der Waals surface area contributed by atoms with Gasteiger partial charge in [0.1, 0.15) is 0 Å². The molecule has 2 atom stereocenters. The van der Waals surface area contributed by atoms with Crippen molar-refractivity contribution in [3.63, 3.8) is 0 Å². The molecule has 4 nitrogen and oxygen atoms in total. The van der Waals surface area contributed by atoms with E-state index < -0.39 is 0 Å². The van der Waals surface area contributed by atoms with Crippen molar-refractivity contribution >= 4 is 5.69 Å². The van der Waals surface area contributed by atoms with Gasteiger partial charge in [0.05, 0.1) is 19.3 Å². The van der Waals surface area contributed by atoms with Gasteiger partial charge in [0.15, 0.2) is 11.5 Å². The van der Waals surface area contributed by atoms with E-state index in [1.165, 1.54) is 7.11 Å². The van der Waals surface area contributed by atoms with Crippen LogP contribution in [0.2, 0.25) is 0 Å². The van der Waals surface area contributed by atoms with E-state index in [4.69, 9.17) is 9.47 Å². The van der Waals surface area contributed by atoms with Crippen molar-refractivity contribution < 1.29 is 14.6 Å². The predicted octanol–water partition coefficient (Wildman–Crippen LogP) is 1.99. The SMILES string of the molecule is COc1ccc(NC2CCOC2C)cc1O. The number of nitrogens with one attached hydrogen (secondary N) is 1. The standard InChI is InChI=1S/C12H17NO3/c1-8-10(5-6-16-8)13-9-3-4-12(15-2)11(14)7-9/h3-4,7-8,10,13-14H,5-6H2,1-2H3. The highest BCUT2D eigenvalue weighted by molar-refractivity contribution is 5.54. The molecule has 1 saturated heterocycles. The number of anilines is 1. The van der Waals surface area contributed by atoms with Crippen LogP contribution in [0.1, 0.15) is 13.3 Å². The molecule has 1 aromatic carbocycles. The Kier molecular flexibility index (Phi) is 3.19. The number of ether oxygens (including phenoxy) is 2. The normalized spacial score (nSPS) is 24.4. The van der Waals surface area contributed by atoms with E-state index in [1.807, 2.05) is 13.0 Å². The van der Waals surface area contributed by atoms with Crippen molar-refractivity contribution in [3.05, 3.63) is 18.2 Å². The van der Waals surface area contributed by atoms with Gasteiger partial charge in [-0.25, -0.2) is 0 Å². The zero-order valence-corrected chi connectivity index (χ0v) is 9.56. The van der Waals surface area contributed by atoms with Gasteiger partial charge in [-0.2, -0.15) is 0 Å². The molecule has 0 aliphatic carbocycles. The van der Waals surface area contributed by atoms with Crippen molar-refractivity contribution in [2.75, 3.05) is 19.0 Å². The summed E-state index contributed by atoms with van der Waals surface area (Å²) in [7, 11) is 1.54. The molecule has 1 fully saturated rings. The van der Waals surface area contributed by atoms with Crippen molar-refractivity contribution in [2.24, 2.45) is 0 Å². The summed E-state index contributed by atoms with van der Waals surface area (Å²) in [4.78, 5) is 0. The van der Waals surface area contributed by atoms with Crippen LogP contribution >= 0.6 is 0 Å². The molecule has 0 radical (unpaired) electrons. The molecule has 1 aliphatic rings. The van der Waals surface area contributed by atoms with Gasteiger partial charge in [-0.1, -0.05) is 0 Å². The lowest BCUT2D eigenvalue weighted by Gasteiger charge is -2.17. The number of phenols is 1. The lowest BCUT2D eigenvalue weighted by Crippen LogP contribution is -2.26. The second-order valence-corrected chi connectivity index (χ2v) is 4.00. The third-order valence-corrected chi connectivity index (χ3v) is 2.91. The fourth-order valence-electron chi connectivity index (χ4n) is 1.92. The number of methoxy groups -OCH3 is 1. The Bertz CT molecular complexity index is 367. The molecule has 2 unspecified atom stereocenters. The Hall–Kier alpha value is -1.42. The van der Waals surface area contributed by atoms with E-state index in [-0.39, 0.29) is 11.9 Å². The van der Waals surface area contributed by atoms with E-state index in [1.54, 1.807) is 12.1 Å². The predicted molar refractivity (Wildman–Crippen MR) is 62.1 cm³/mol. The summed E-state index contributed by atoms with van der Waals surface area (Å²) in [6.45, 7) is 2.84. The van der Waals surface area contributed by atoms with Gasteiger partial charge < -0.3 is 19.9 Å². The van der Waals surface area contributed by atoms with E-state index >= 15 is 0 Å². The number of hydrogen-bond acceptors (Lipinski definition) is 4. The highest BCUT2D eigenvalue weighted by Crippen LogP contribution is 2.29. The Labute approximate surface area is 95.2 Å². The molecule has 0 spiro atoms. The average molecular weight is 223 g/mol. The lowest BCUT2D eigenvalue weighted by molar-refractivity contribution is 0.121. The Morgan fingerprint density at radius 1 is 1.50 bits per heavy atom. The molecule has 0 saturated carbocycles. The van der Waals surface area contributed by atoms with E-state index in [2.05, 4.69) is 5.32 Å². The first-order chi connectivity index (χ1) is 7.70. The highest BCUT2D eigenvalue weighted by atomic mass is 16.5. The summed E-state index contributed by atoms with van der Waals surface area (Å²) in [6, 6.07) is 5.62. The molecule has 1 aliphatic heterocycles. The zero-order chi connectivity index (χ0) is 11.5. The highest BCUT2D eigenvalue weighted by Gasteiger charge is 2.23. The summed E-state index contributed by atoms with van der Waals surface area (Å²) < 4.78 is 10.5. The Morgan fingerprint density at radius 2 is 2.31 bits per heavy atom. The van der Waals surface area contributed by atoms with Crippen molar-refractivity contribution in [3.8, 4) is 11.5 Å². The van der Waals surface area contributed by atoms with Crippen LogP contribution in [0.3, 0.4) is 0 Å². The summed E-state index contributed by atoms with van der Waals surface area (Å²) in [6.07, 6.45) is 1.21. The quantitative estimate of drug-likeness (QED) is 0.822. The topological polar surface area (TPSA) is 50.7 Å². The van der Waals surface area contributed by atoms with Gasteiger partial charge >= 0.3 is 0 Å². The first kappa shape index (κ1) is 11.1. The van der Waals surface area contributed by atoms with Gasteiger partial charge in [-0.05, 0) is 25.5 Å². The largest absolute Gasteiger partial charge is 0.504 e. The first-order valence-corrected chi connectivity index (χ1v) is 5.46. The summed E-state index contributed by atoms with van der Waals surface area (Å²) >= 11 is 0. The minimum atomic E-state index is 0.152. The first-order valence-electron chi connectivity index (χ1n) is 5.46. The molecular weight excluding hydrogens is 206 g/mol. The van der Waals surface area contributed by atoms with Crippen LogP contribution in [-0.2, 0) is 4.74 Å². The smallest absolute Gasteiger partial charge is 0.160 e. The van der Waals surface area contributed by atoms with Crippen molar-refractivity contribution in [1.82, 2.24) is 0 Å². The van der Waals surface area contributed by atoms with Crippen LogP contribution in [-0.4, -0.2) is 31.0 Å². The average Bonchev–Trinajstić information content (AvgIpc) is 2.65. The molecule has 0 bridgehead atoms. The number of aromatic hydroxyl groups is 1. The summed E-state index contributed by atoms with van der Waals surface area (Å²) in [5, 5.41) is 13.0. The molecule has 16 heavy (non-hydrogen) atoms. The van der Waals surface area contributed by atoms with Gasteiger partial charge in [-0.3, -0.25) is 0 Å².